The fourth-order valence-electron chi connectivity index (χ4n) is 3.75. The smallest absolute Gasteiger partial charge is 0.335 e. The van der Waals surface area contributed by atoms with Gasteiger partial charge >= 0.3 is 5.97 Å². The fourth-order valence-corrected chi connectivity index (χ4v) is 4.41. The Labute approximate surface area is 150 Å². The summed E-state index contributed by atoms with van der Waals surface area (Å²) in [6.45, 7) is 6.31. The maximum atomic E-state index is 12.9. The van der Waals surface area contributed by atoms with E-state index in [9.17, 15) is 14.7 Å². The minimum absolute atomic E-state index is 0.0547. The van der Waals surface area contributed by atoms with Crippen molar-refractivity contribution in [1.82, 2.24) is 0 Å². The van der Waals surface area contributed by atoms with Crippen LogP contribution in [0.25, 0.3) is 0 Å². The SMILES string of the molecule is CC1(C)C(=O)N(CC2CN(c3ccsc3)C2)c2cc(C(=O)O)ccc21. The topological polar surface area (TPSA) is 60.9 Å². The predicted molar refractivity (Wildman–Crippen MR) is 98.8 cm³/mol. The number of anilines is 2. The Morgan fingerprint density at radius 2 is 2.08 bits per heavy atom. The molecule has 25 heavy (non-hydrogen) atoms. The van der Waals surface area contributed by atoms with Gasteiger partial charge in [0, 0.05) is 42.3 Å². The lowest BCUT2D eigenvalue weighted by molar-refractivity contribution is -0.122. The summed E-state index contributed by atoms with van der Waals surface area (Å²) in [5, 5.41) is 13.5. The van der Waals surface area contributed by atoms with Gasteiger partial charge in [-0.15, -0.1) is 0 Å². The average Bonchev–Trinajstić information content (AvgIpc) is 3.11. The van der Waals surface area contributed by atoms with Crippen molar-refractivity contribution < 1.29 is 14.7 Å². The minimum atomic E-state index is -0.966. The van der Waals surface area contributed by atoms with Gasteiger partial charge in [0.1, 0.15) is 0 Å². The number of fused-ring (bicyclic) bond motifs is 1. The quantitative estimate of drug-likeness (QED) is 0.914. The van der Waals surface area contributed by atoms with Gasteiger partial charge in [-0.05, 0) is 43.0 Å². The summed E-state index contributed by atoms with van der Waals surface area (Å²) in [5.74, 6) is -0.509. The number of benzene rings is 1. The Morgan fingerprint density at radius 1 is 1.32 bits per heavy atom. The molecule has 130 valence electrons. The maximum absolute atomic E-state index is 12.9. The number of carbonyl (C=O) groups excluding carboxylic acids is 1. The van der Waals surface area contributed by atoms with E-state index in [-0.39, 0.29) is 11.5 Å². The van der Waals surface area contributed by atoms with Crippen LogP contribution in [0.15, 0.2) is 35.0 Å². The molecule has 3 heterocycles. The summed E-state index contributed by atoms with van der Waals surface area (Å²) in [4.78, 5) is 28.3. The van der Waals surface area contributed by atoms with Crippen molar-refractivity contribution in [3.63, 3.8) is 0 Å². The number of carboxylic acids is 1. The normalized spacial score (nSPS) is 19.0. The second-order valence-corrected chi connectivity index (χ2v) is 8.11. The van der Waals surface area contributed by atoms with E-state index in [2.05, 4.69) is 21.7 Å². The second-order valence-electron chi connectivity index (χ2n) is 7.33. The first-order valence-corrected chi connectivity index (χ1v) is 9.29. The molecule has 0 unspecified atom stereocenters. The van der Waals surface area contributed by atoms with Gasteiger partial charge in [0.2, 0.25) is 5.91 Å². The number of hydrogen-bond acceptors (Lipinski definition) is 4. The first kappa shape index (κ1) is 16.1. The number of carboxylic acid groups (broad SMARTS) is 1. The van der Waals surface area contributed by atoms with Crippen LogP contribution in [-0.4, -0.2) is 36.6 Å². The second kappa shape index (κ2) is 5.59. The largest absolute Gasteiger partial charge is 0.478 e. The van der Waals surface area contributed by atoms with Gasteiger partial charge < -0.3 is 14.9 Å². The van der Waals surface area contributed by atoms with Crippen LogP contribution >= 0.6 is 11.3 Å². The number of rotatable bonds is 4. The van der Waals surface area contributed by atoms with Crippen LogP contribution in [-0.2, 0) is 10.2 Å². The van der Waals surface area contributed by atoms with Crippen LogP contribution in [0.5, 0.6) is 0 Å². The lowest BCUT2D eigenvalue weighted by atomic mass is 9.86. The third kappa shape index (κ3) is 2.52. The summed E-state index contributed by atoms with van der Waals surface area (Å²) in [7, 11) is 0. The van der Waals surface area contributed by atoms with Gasteiger partial charge in [-0.2, -0.15) is 11.3 Å². The van der Waals surface area contributed by atoms with Crippen LogP contribution in [0.4, 0.5) is 11.4 Å². The molecule has 0 bridgehead atoms. The molecule has 4 rings (SSSR count). The van der Waals surface area contributed by atoms with Gasteiger partial charge in [0.15, 0.2) is 0 Å². The molecule has 0 atom stereocenters. The third-order valence-electron chi connectivity index (χ3n) is 5.26. The monoisotopic (exact) mass is 356 g/mol. The molecule has 1 aromatic carbocycles. The molecule has 1 N–H and O–H groups in total. The van der Waals surface area contributed by atoms with Gasteiger partial charge in [0.05, 0.1) is 11.0 Å². The van der Waals surface area contributed by atoms with Crippen LogP contribution < -0.4 is 9.80 Å². The highest BCUT2D eigenvalue weighted by Crippen LogP contribution is 2.43. The molecule has 2 aliphatic heterocycles. The van der Waals surface area contributed by atoms with E-state index in [0.717, 1.165) is 24.3 Å². The van der Waals surface area contributed by atoms with E-state index in [0.29, 0.717) is 12.5 Å². The number of carbonyl (C=O) groups is 2. The van der Waals surface area contributed by atoms with Crippen molar-refractivity contribution >= 4 is 34.6 Å². The Morgan fingerprint density at radius 3 is 2.72 bits per heavy atom. The van der Waals surface area contributed by atoms with E-state index < -0.39 is 11.4 Å². The van der Waals surface area contributed by atoms with Gasteiger partial charge in [-0.3, -0.25) is 4.79 Å². The zero-order valence-corrected chi connectivity index (χ0v) is 15.0. The number of hydrogen-bond donors (Lipinski definition) is 1. The molecule has 5 nitrogen and oxygen atoms in total. The number of amides is 1. The standard InChI is InChI=1S/C19H20N2O3S/c1-19(2)15-4-3-13(17(22)23)7-16(15)21(18(19)24)10-12-8-20(9-12)14-5-6-25-11-14/h3-7,11-12H,8-10H2,1-2H3,(H,22,23). The van der Waals surface area contributed by atoms with Gasteiger partial charge in [0.25, 0.3) is 0 Å². The molecule has 1 aromatic heterocycles. The first-order valence-electron chi connectivity index (χ1n) is 8.35. The molecule has 1 saturated heterocycles. The van der Waals surface area contributed by atoms with Gasteiger partial charge in [-0.25, -0.2) is 4.79 Å². The summed E-state index contributed by atoms with van der Waals surface area (Å²) in [5.41, 5.74) is 2.52. The van der Waals surface area contributed by atoms with Crippen molar-refractivity contribution in [2.24, 2.45) is 5.92 Å². The zero-order valence-electron chi connectivity index (χ0n) is 14.2. The molecule has 0 aliphatic carbocycles. The number of thiophene rings is 1. The number of nitrogens with zero attached hydrogens (tertiary/aromatic N) is 2. The van der Waals surface area contributed by atoms with E-state index >= 15 is 0 Å². The van der Waals surface area contributed by atoms with Crippen molar-refractivity contribution in [1.29, 1.82) is 0 Å². The molecular weight excluding hydrogens is 336 g/mol. The molecule has 0 spiro atoms. The van der Waals surface area contributed by atoms with Crippen molar-refractivity contribution in [3.8, 4) is 0 Å². The summed E-state index contributed by atoms with van der Waals surface area (Å²) in [6.07, 6.45) is 0. The van der Waals surface area contributed by atoms with Gasteiger partial charge in [-0.1, -0.05) is 6.07 Å². The molecule has 0 saturated carbocycles. The van der Waals surface area contributed by atoms with E-state index in [4.69, 9.17) is 0 Å². The fraction of sp³-hybridized carbons (Fsp3) is 0.368. The van der Waals surface area contributed by atoms with Crippen LogP contribution in [0, 0.1) is 5.92 Å². The Kier molecular flexibility index (Phi) is 3.61. The number of aromatic carboxylic acids is 1. The molecule has 1 amide bonds. The van der Waals surface area contributed by atoms with Crippen molar-refractivity contribution in [2.75, 3.05) is 29.4 Å². The molecule has 6 heteroatoms. The van der Waals surface area contributed by atoms with E-state index in [1.54, 1.807) is 34.4 Å². The molecule has 0 radical (unpaired) electrons. The highest BCUT2D eigenvalue weighted by molar-refractivity contribution is 7.08. The summed E-state index contributed by atoms with van der Waals surface area (Å²) in [6, 6.07) is 7.12. The molecule has 2 aromatic rings. The predicted octanol–water partition coefficient (Wildman–Crippen LogP) is 3.21. The van der Waals surface area contributed by atoms with E-state index in [1.807, 2.05) is 13.8 Å². The van der Waals surface area contributed by atoms with Crippen LogP contribution in [0.3, 0.4) is 0 Å². The lowest BCUT2D eigenvalue weighted by Crippen LogP contribution is -2.52. The zero-order chi connectivity index (χ0) is 17.8. The lowest BCUT2D eigenvalue weighted by Gasteiger charge is -2.42. The van der Waals surface area contributed by atoms with Crippen molar-refractivity contribution in [2.45, 2.75) is 19.3 Å². The summed E-state index contributed by atoms with van der Waals surface area (Å²) >= 11 is 1.68. The Bertz CT molecular complexity index is 838. The molecular formula is C19H20N2O3S. The highest BCUT2D eigenvalue weighted by atomic mass is 32.1. The average molecular weight is 356 g/mol. The Hall–Kier alpha value is -2.34. The van der Waals surface area contributed by atoms with Crippen LogP contribution in [0.1, 0.15) is 29.8 Å². The van der Waals surface area contributed by atoms with E-state index in [1.165, 1.54) is 5.69 Å². The van der Waals surface area contributed by atoms with Crippen molar-refractivity contribution in [3.05, 3.63) is 46.2 Å². The molecule has 2 aliphatic rings. The van der Waals surface area contributed by atoms with Crippen LogP contribution in [0.2, 0.25) is 0 Å². The Balaban J connectivity index is 1.56. The highest BCUT2D eigenvalue weighted by Gasteiger charge is 2.45. The molecule has 1 fully saturated rings. The summed E-state index contributed by atoms with van der Waals surface area (Å²) < 4.78 is 0. The maximum Gasteiger partial charge on any atom is 0.335 e. The first-order chi connectivity index (χ1) is 11.9. The third-order valence-corrected chi connectivity index (χ3v) is 5.93. The minimum Gasteiger partial charge on any atom is -0.478 e.